The first-order valence-electron chi connectivity index (χ1n) is 10.7. The number of hydrogen-bond donors (Lipinski definition) is 5. The number of carbonyl (C=O) groups is 1. The lowest BCUT2D eigenvalue weighted by Crippen LogP contribution is -2.44. The lowest BCUT2D eigenvalue weighted by Gasteiger charge is -2.50. The molecule has 5 rings (SSSR count). The molecule has 2 aromatic carbocycles. The van der Waals surface area contributed by atoms with Gasteiger partial charge in [0.1, 0.15) is 11.5 Å². The van der Waals surface area contributed by atoms with E-state index in [4.69, 9.17) is 0 Å². The zero-order valence-electron chi connectivity index (χ0n) is 18.0. The molecule has 164 valence electrons. The van der Waals surface area contributed by atoms with Gasteiger partial charge in [0.2, 0.25) is 0 Å². The molecule has 3 aliphatic rings. The van der Waals surface area contributed by atoms with Crippen molar-refractivity contribution >= 4 is 5.91 Å². The van der Waals surface area contributed by atoms with E-state index < -0.39 is 6.10 Å². The van der Waals surface area contributed by atoms with Gasteiger partial charge in [0.25, 0.3) is 5.91 Å². The van der Waals surface area contributed by atoms with Crippen LogP contribution < -0.4 is 10.6 Å². The number of β-amino-alcohol motifs (C(OH)–C–C–N with tert-alkyl or cyclic N) is 1. The minimum atomic E-state index is -0.882. The van der Waals surface area contributed by atoms with Crippen molar-refractivity contribution in [2.45, 2.75) is 31.9 Å². The summed E-state index contributed by atoms with van der Waals surface area (Å²) in [6, 6.07) is 11.7. The maximum Gasteiger partial charge on any atom is 0.255 e. The lowest BCUT2D eigenvalue weighted by molar-refractivity contribution is 0.0963. The monoisotopic (exact) mass is 430 g/mol. The molecule has 0 saturated heterocycles. The van der Waals surface area contributed by atoms with Crippen LogP contribution in [0.4, 0.5) is 0 Å². The summed E-state index contributed by atoms with van der Waals surface area (Å²) in [6.45, 7) is 4.30. The van der Waals surface area contributed by atoms with Gasteiger partial charge in [-0.1, -0.05) is 24.3 Å². The second kappa shape index (κ2) is 7.36. The molecule has 32 heavy (non-hydrogen) atoms. The van der Waals surface area contributed by atoms with E-state index in [1.807, 2.05) is 38.1 Å². The van der Waals surface area contributed by atoms with Crippen molar-refractivity contribution < 1.29 is 20.1 Å². The van der Waals surface area contributed by atoms with Gasteiger partial charge >= 0.3 is 0 Å². The van der Waals surface area contributed by atoms with Gasteiger partial charge in [-0.2, -0.15) is 0 Å². The fourth-order valence-electron chi connectivity index (χ4n) is 4.62. The minimum Gasteiger partial charge on any atom is -0.508 e. The number of carbonyl (C=O) groups excluding carboxylic acids is 1. The summed E-state index contributed by atoms with van der Waals surface area (Å²) >= 11 is 0. The van der Waals surface area contributed by atoms with Crippen LogP contribution in [0.2, 0.25) is 0 Å². The second-order valence-electron chi connectivity index (χ2n) is 9.40. The van der Waals surface area contributed by atoms with E-state index >= 15 is 0 Å². The number of phenols is 2. The van der Waals surface area contributed by atoms with Crippen molar-refractivity contribution in [3.8, 4) is 11.5 Å². The first-order valence-corrected chi connectivity index (χ1v) is 10.7. The van der Waals surface area contributed by atoms with Crippen LogP contribution in [0.5, 0.6) is 11.5 Å². The standard InChI is InChI=1S/C26H26N2O4/c1-26(2,27-13-22(31)16-7-18(29)11-19(30)8-16)12-14-4-3-5-15(6-14)25(32)28-24-20-9-17-10-21(24)23(17)20/h3-11,22-23,27,29-31H,12-13H2,1-2H3,(H,28,32). The molecule has 2 unspecified atom stereocenters. The maximum absolute atomic E-state index is 12.7. The first kappa shape index (κ1) is 20.5. The van der Waals surface area contributed by atoms with Crippen LogP contribution in [0, 0.1) is 5.92 Å². The average Bonchev–Trinajstić information content (AvgIpc) is 2.72. The molecule has 2 aromatic rings. The highest BCUT2D eigenvalue weighted by Gasteiger charge is 2.48. The van der Waals surface area contributed by atoms with Crippen molar-refractivity contribution in [1.82, 2.24) is 10.6 Å². The third-order valence-corrected chi connectivity index (χ3v) is 6.33. The van der Waals surface area contributed by atoms with Crippen LogP contribution in [0.25, 0.3) is 0 Å². The van der Waals surface area contributed by atoms with Crippen LogP contribution >= 0.6 is 0 Å². The Kier molecular flexibility index (Phi) is 4.73. The highest BCUT2D eigenvalue weighted by molar-refractivity contribution is 5.97. The van der Waals surface area contributed by atoms with Gasteiger partial charge in [-0.3, -0.25) is 4.79 Å². The predicted octanol–water partition coefficient (Wildman–Crippen LogP) is 3.24. The number of nitrogens with one attached hydrogen (secondary N) is 2. The van der Waals surface area contributed by atoms with Crippen LogP contribution in [0.1, 0.15) is 41.4 Å². The largest absolute Gasteiger partial charge is 0.508 e. The number of allylic oxidation sites excluding steroid dienone is 5. The van der Waals surface area contributed by atoms with Gasteiger partial charge in [-0.15, -0.1) is 0 Å². The Hall–Kier alpha value is -3.35. The van der Waals surface area contributed by atoms with Gasteiger partial charge in [0, 0.05) is 35.3 Å². The fourth-order valence-corrected chi connectivity index (χ4v) is 4.62. The first-order chi connectivity index (χ1) is 15.2. The Morgan fingerprint density at radius 1 is 1.09 bits per heavy atom. The molecule has 3 aliphatic carbocycles. The zero-order valence-corrected chi connectivity index (χ0v) is 18.0. The summed E-state index contributed by atoms with van der Waals surface area (Å²) in [4.78, 5) is 12.7. The Balaban J connectivity index is 1.20. The van der Waals surface area contributed by atoms with E-state index in [2.05, 4.69) is 22.8 Å². The number of hydrogen-bond acceptors (Lipinski definition) is 5. The molecule has 0 aromatic heterocycles. The Labute approximate surface area is 186 Å². The number of aromatic hydroxyl groups is 2. The average molecular weight is 431 g/mol. The Morgan fingerprint density at radius 3 is 2.47 bits per heavy atom. The number of aliphatic hydroxyl groups is 1. The molecule has 0 fully saturated rings. The van der Waals surface area contributed by atoms with E-state index in [0.29, 0.717) is 23.5 Å². The van der Waals surface area contributed by atoms with Crippen LogP contribution in [-0.4, -0.2) is 33.3 Å². The summed E-state index contributed by atoms with van der Waals surface area (Å²) in [7, 11) is 0. The van der Waals surface area contributed by atoms with Gasteiger partial charge < -0.3 is 26.0 Å². The number of phenolic OH excluding ortho intramolecular Hbond substituents is 2. The molecule has 0 radical (unpaired) electrons. The van der Waals surface area contributed by atoms with Crippen molar-refractivity contribution in [2.75, 3.05) is 6.54 Å². The van der Waals surface area contributed by atoms with E-state index in [1.54, 1.807) is 0 Å². The van der Waals surface area contributed by atoms with E-state index in [0.717, 1.165) is 11.3 Å². The molecular weight excluding hydrogens is 404 g/mol. The smallest absolute Gasteiger partial charge is 0.255 e. The Morgan fingerprint density at radius 2 is 1.84 bits per heavy atom. The number of amides is 1. The maximum atomic E-state index is 12.7. The molecule has 5 N–H and O–H groups in total. The lowest BCUT2D eigenvalue weighted by atomic mass is 9.56. The highest BCUT2D eigenvalue weighted by atomic mass is 16.3. The van der Waals surface area contributed by atoms with Crippen molar-refractivity contribution in [1.29, 1.82) is 0 Å². The molecule has 0 saturated carbocycles. The van der Waals surface area contributed by atoms with Crippen molar-refractivity contribution in [3.05, 3.63) is 93.7 Å². The summed E-state index contributed by atoms with van der Waals surface area (Å²) in [5, 5.41) is 36.1. The molecule has 6 nitrogen and oxygen atoms in total. The van der Waals surface area contributed by atoms with E-state index in [1.165, 1.54) is 34.9 Å². The molecule has 6 heteroatoms. The third-order valence-electron chi connectivity index (χ3n) is 6.33. The summed E-state index contributed by atoms with van der Waals surface area (Å²) in [5.74, 6) is 0.213. The highest BCUT2D eigenvalue weighted by Crippen LogP contribution is 2.59. The minimum absolute atomic E-state index is 0.0928. The molecular formula is C26H26N2O4. The van der Waals surface area contributed by atoms with Gasteiger partial charge in [-0.25, -0.2) is 0 Å². The van der Waals surface area contributed by atoms with Crippen LogP contribution in [0.3, 0.4) is 0 Å². The van der Waals surface area contributed by atoms with Crippen molar-refractivity contribution in [3.63, 3.8) is 0 Å². The molecule has 1 amide bonds. The van der Waals surface area contributed by atoms with Crippen molar-refractivity contribution in [2.24, 2.45) is 5.92 Å². The zero-order chi connectivity index (χ0) is 22.6. The van der Waals surface area contributed by atoms with Crippen LogP contribution in [-0.2, 0) is 6.42 Å². The summed E-state index contributed by atoms with van der Waals surface area (Å²) < 4.78 is 0. The Bertz CT molecular complexity index is 1200. The van der Waals surface area contributed by atoms with E-state index in [9.17, 15) is 20.1 Å². The fraction of sp³-hybridized carbons (Fsp3) is 0.269. The SMILES string of the molecule is CC(C)(Cc1cccc(C(=O)NC2=C3C=C4C=C2C43)c1)NCC(O)c1cc(O)cc(O)c1. The molecule has 2 atom stereocenters. The molecule has 0 spiro atoms. The summed E-state index contributed by atoms with van der Waals surface area (Å²) in [5.41, 5.74) is 6.53. The number of aliphatic hydroxyl groups excluding tert-OH is 1. The quantitative estimate of drug-likeness (QED) is 0.443. The predicted molar refractivity (Wildman–Crippen MR) is 121 cm³/mol. The number of benzene rings is 2. The van der Waals surface area contributed by atoms with Gasteiger partial charge in [0.15, 0.2) is 0 Å². The molecule has 0 heterocycles. The topological polar surface area (TPSA) is 102 Å². The third kappa shape index (κ3) is 3.61. The van der Waals surface area contributed by atoms with Crippen LogP contribution in [0.15, 0.2) is 77.0 Å². The van der Waals surface area contributed by atoms with Gasteiger partial charge in [-0.05, 0) is 72.4 Å². The van der Waals surface area contributed by atoms with E-state index in [-0.39, 0.29) is 29.5 Å². The number of rotatable bonds is 8. The molecule has 0 aliphatic heterocycles. The molecule has 0 bridgehead atoms. The summed E-state index contributed by atoms with van der Waals surface area (Å²) in [6.07, 6.45) is 4.03. The normalized spacial score (nSPS) is 19.0. The van der Waals surface area contributed by atoms with Gasteiger partial charge in [0.05, 0.1) is 6.10 Å². The second-order valence-corrected chi connectivity index (χ2v) is 9.40.